The van der Waals surface area contributed by atoms with Gasteiger partial charge in [-0.2, -0.15) is 0 Å². The molecule has 0 spiro atoms. The molecule has 1 aliphatic heterocycles. The van der Waals surface area contributed by atoms with Gasteiger partial charge in [0, 0.05) is 24.5 Å². The fourth-order valence-electron chi connectivity index (χ4n) is 2.66. The Balaban J connectivity index is 1.74. The summed E-state index contributed by atoms with van der Waals surface area (Å²) < 4.78 is 0. The van der Waals surface area contributed by atoms with E-state index in [4.69, 9.17) is 18.0 Å². The monoisotopic (exact) mass is 297 g/mol. The van der Waals surface area contributed by atoms with Gasteiger partial charge in [0.05, 0.1) is 0 Å². The van der Waals surface area contributed by atoms with E-state index >= 15 is 0 Å². The average Bonchev–Trinajstić information content (AvgIpc) is 2.48. The summed E-state index contributed by atoms with van der Waals surface area (Å²) in [6, 6.07) is 14.3. The Hall–Kier alpha value is -2.07. The summed E-state index contributed by atoms with van der Waals surface area (Å²) in [4.78, 5) is 2.20. The van der Waals surface area contributed by atoms with E-state index in [0.29, 0.717) is 0 Å². The maximum absolute atomic E-state index is 5.88. The Morgan fingerprint density at radius 2 is 2.00 bits per heavy atom. The third-order valence-corrected chi connectivity index (χ3v) is 4.28. The van der Waals surface area contributed by atoms with E-state index in [9.17, 15) is 0 Å². The summed E-state index contributed by atoms with van der Waals surface area (Å²) in [5.41, 5.74) is 11.6. The Kier molecular flexibility index (Phi) is 3.80. The number of hydrogen-bond donors (Lipinski definition) is 2. The van der Waals surface area contributed by atoms with E-state index < -0.39 is 0 Å². The van der Waals surface area contributed by atoms with E-state index in [2.05, 4.69) is 41.4 Å². The number of para-hydroxylation sites is 1. The normalized spacial score (nSPS) is 13.7. The van der Waals surface area contributed by atoms with Gasteiger partial charge >= 0.3 is 0 Å². The second-order valence-electron chi connectivity index (χ2n) is 5.44. The van der Waals surface area contributed by atoms with Gasteiger partial charge in [0.15, 0.2) is 5.11 Å². The van der Waals surface area contributed by atoms with Crippen molar-refractivity contribution >= 4 is 28.7 Å². The maximum atomic E-state index is 5.88. The van der Waals surface area contributed by atoms with Crippen LogP contribution in [0, 0.1) is 6.92 Å². The topological polar surface area (TPSA) is 41.3 Å². The molecule has 108 valence electrons. The molecule has 0 amide bonds. The highest BCUT2D eigenvalue weighted by molar-refractivity contribution is 7.80. The van der Waals surface area contributed by atoms with E-state index in [-0.39, 0.29) is 0 Å². The van der Waals surface area contributed by atoms with Gasteiger partial charge in [-0.25, -0.2) is 0 Å². The first-order chi connectivity index (χ1) is 10.1. The number of nitrogens with zero attached hydrogens (tertiary/aromatic N) is 1. The van der Waals surface area contributed by atoms with Gasteiger partial charge in [-0.1, -0.05) is 24.3 Å². The van der Waals surface area contributed by atoms with E-state index in [0.717, 1.165) is 36.0 Å². The minimum atomic E-state index is 0.775. The lowest BCUT2D eigenvalue weighted by Gasteiger charge is -2.31. The Bertz CT molecular complexity index is 681. The highest BCUT2D eigenvalue weighted by Crippen LogP contribution is 2.22. The molecule has 3 N–H and O–H groups in total. The summed E-state index contributed by atoms with van der Waals surface area (Å²) in [6.07, 6.45) is 1.01. The summed E-state index contributed by atoms with van der Waals surface area (Å²) in [7, 11) is 0. The van der Waals surface area contributed by atoms with Crippen molar-refractivity contribution in [3.05, 3.63) is 59.2 Å². The molecule has 0 atom stereocenters. The number of nitrogens with one attached hydrogen (secondary N) is 1. The molecule has 0 saturated carbocycles. The molecule has 3 nitrogen and oxygen atoms in total. The highest BCUT2D eigenvalue weighted by Gasteiger charge is 2.18. The van der Waals surface area contributed by atoms with Crippen molar-refractivity contribution < 1.29 is 0 Å². The molecule has 0 unspecified atom stereocenters. The Morgan fingerprint density at radius 1 is 1.19 bits per heavy atom. The number of anilines is 2. The zero-order chi connectivity index (χ0) is 14.8. The summed E-state index contributed by atoms with van der Waals surface area (Å²) in [5, 5.41) is 4.13. The Morgan fingerprint density at radius 3 is 2.81 bits per heavy atom. The van der Waals surface area contributed by atoms with Crippen LogP contribution in [0.5, 0.6) is 0 Å². The number of thiocarbonyl (C=S) groups is 1. The van der Waals surface area contributed by atoms with Crippen molar-refractivity contribution in [2.24, 2.45) is 0 Å². The van der Waals surface area contributed by atoms with Gasteiger partial charge in [0.25, 0.3) is 0 Å². The van der Waals surface area contributed by atoms with E-state index in [1.165, 1.54) is 16.7 Å². The number of fused-ring (bicyclic) bond motifs is 1. The van der Waals surface area contributed by atoms with Crippen molar-refractivity contribution in [2.45, 2.75) is 19.9 Å². The SMILES string of the molecule is Cc1ccccc1NC(=S)N1CCc2ccc(N)cc2C1. The minimum absolute atomic E-state index is 0.775. The lowest BCUT2D eigenvalue weighted by molar-refractivity contribution is 0.400. The van der Waals surface area contributed by atoms with Crippen LogP contribution in [0.4, 0.5) is 11.4 Å². The summed E-state index contributed by atoms with van der Waals surface area (Å²) in [6.45, 7) is 3.84. The van der Waals surface area contributed by atoms with Crippen LogP contribution in [0.25, 0.3) is 0 Å². The summed E-state index contributed by atoms with van der Waals surface area (Å²) >= 11 is 5.56. The largest absolute Gasteiger partial charge is 0.399 e. The molecule has 2 aromatic carbocycles. The zero-order valence-corrected chi connectivity index (χ0v) is 12.9. The van der Waals surface area contributed by atoms with Gasteiger partial charge in [-0.3, -0.25) is 0 Å². The molecule has 0 saturated heterocycles. The number of aryl methyl sites for hydroxylation is 1. The van der Waals surface area contributed by atoms with Crippen molar-refractivity contribution in [1.82, 2.24) is 4.90 Å². The molecule has 21 heavy (non-hydrogen) atoms. The highest BCUT2D eigenvalue weighted by atomic mass is 32.1. The molecule has 1 heterocycles. The number of nitrogen functional groups attached to an aromatic ring is 1. The van der Waals surface area contributed by atoms with Crippen LogP contribution >= 0.6 is 12.2 Å². The first kappa shape index (κ1) is 13.9. The van der Waals surface area contributed by atoms with Crippen LogP contribution in [0.1, 0.15) is 16.7 Å². The van der Waals surface area contributed by atoms with Gasteiger partial charge in [-0.15, -0.1) is 0 Å². The van der Waals surface area contributed by atoms with Crippen LogP contribution in [-0.4, -0.2) is 16.6 Å². The number of nitrogens with two attached hydrogens (primary N) is 1. The molecule has 1 aliphatic rings. The fraction of sp³-hybridized carbons (Fsp3) is 0.235. The Labute approximate surface area is 130 Å². The predicted octanol–water partition coefficient (Wildman–Crippen LogP) is 3.33. The zero-order valence-electron chi connectivity index (χ0n) is 12.1. The van der Waals surface area contributed by atoms with Crippen LogP contribution in [0.15, 0.2) is 42.5 Å². The smallest absolute Gasteiger partial charge is 0.173 e. The molecule has 3 rings (SSSR count). The first-order valence-electron chi connectivity index (χ1n) is 7.12. The predicted molar refractivity (Wildman–Crippen MR) is 92.4 cm³/mol. The van der Waals surface area contributed by atoms with Gasteiger partial charge in [0.2, 0.25) is 0 Å². The standard InChI is InChI=1S/C17H19N3S/c1-12-4-2-3-5-16(12)19-17(21)20-9-8-13-6-7-15(18)10-14(13)11-20/h2-7,10H,8-9,11,18H2,1H3,(H,19,21). The molecule has 0 bridgehead atoms. The molecule has 0 aliphatic carbocycles. The van der Waals surface area contributed by atoms with E-state index in [1.807, 2.05) is 18.2 Å². The van der Waals surface area contributed by atoms with Crippen molar-refractivity contribution in [3.63, 3.8) is 0 Å². The lowest BCUT2D eigenvalue weighted by atomic mass is 9.99. The lowest BCUT2D eigenvalue weighted by Crippen LogP contribution is -2.38. The molecule has 0 aromatic heterocycles. The first-order valence-corrected chi connectivity index (χ1v) is 7.53. The van der Waals surface area contributed by atoms with Crippen LogP contribution in [0.3, 0.4) is 0 Å². The maximum Gasteiger partial charge on any atom is 0.173 e. The van der Waals surface area contributed by atoms with Gasteiger partial charge < -0.3 is 16.0 Å². The molecule has 0 radical (unpaired) electrons. The average molecular weight is 297 g/mol. The molecule has 0 fully saturated rings. The summed E-state index contributed by atoms with van der Waals surface area (Å²) in [5.74, 6) is 0. The second kappa shape index (κ2) is 5.74. The molecular formula is C17H19N3S. The van der Waals surface area contributed by atoms with Crippen LogP contribution in [0.2, 0.25) is 0 Å². The number of rotatable bonds is 1. The van der Waals surface area contributed by atoms with Crippen LogP contribution in [-0.2, 0) is 13.0 Å². The van der Waals surface area contributed by atoms with E-state index in [1.54, 1.807) is 0 Å². The molecule has 2 aromatic rings. The molecule has 4 heteroatoms. The van der Waals surface area contributed by atoms with Gasteiger partial charge in [-0.05, 0) is 60.5 Å². The number of benzene rings is 2. The number of hydrogen-bond acceptors (Lipinski definition) is 2. The fourth-order valence-corrected chi connectivity index (χ4v) is 2.92. The van der Waals surface area contributed by atoms with Crippen molar-refractivity contribution in [1.29, 1.82) is 0 Å². The molecular weight excluding hydrogens is 278 g/mol. The third kappa shape index (κ3) is 3.00. The third-order valence-electron chi connectivity index (χ3n) is 3.92. The van der Waals surface area contributed by atoms with Gasteiger partial charge in [0.1, 0.15) is 0 Å². The van der Waals surface area contributed by atoms with Crippen molar-refractivity contribution in [3.8, 4) is 0 Å². The van der Waals surface area contributed by atoms with Crippen LogP contribution < -0.4 is 11.1 Å². The minimum Gasteiger partial charge on any atom is -0.399 e. The van der Waals surface area contributed by atoms with Crippen molar-refractivity contribution in [2.75, 3.05) is 17.6 Å². The quantitative estimate of drug-likeness (QED) is 0.626. The second-order valence-corrected chi connectivity index (χ2v) is 5.83.